The molecule has 1 aliphatic heterocycles. The molecule has 0 saturated carbocycles. The van der Waals surface area contributed by atoms with Crippen molar-refractivity contribution >= 4 is 10.9 Å². The summed E-state index contributed by atoms with van der Waals surface area (Å²) < 4.78 is 5.91. The van der Waals surface area contributed by atoms with Crippen LogP contribution in [0.25, 0.3) is 10.9 Å². The van der Waals surface area contributed by atoms with E-state index in [1.54, 1.807) is 6.07 Å². The summed E-state index contributed by atoms with van der Waals surface area (Å²) in [5, 5.41) is 0.641. The minimum Gasteiger partial charge on any atom is -0.371 e. The van der Waals surface area contributed by atoms with E-state index in [0.717, 1.165) is 44.0 Å². The summed E-state index contributed by atoms with van der Waals surface area (Å²) in [6.07, 6.45) is 0.834. The van der Waals surface area contributed by atoms with Crippen LogP contribution in [0.3, 0.4) is 0 Å². The lowest BCUT2D eigenvalue weighted by Gasteiger charge is -2.33. The van der Waals surface area contributed by atoms with Crippen molar-refractivity contribution in [2.45, 2.75) is 12.5 Å². The molecule has 0 aliphatic carbocycles. The molecule has 4 rings (SSSR count). The average molecular weight is 335 g/mol. The van der Waals surface area contributed by atoms with Gasteiger partial charge in [-0.25, -0.2) is 4.98 Å². The first-order chi connectivity index (χ1) is 12.3. The summed E-state index contributed by atoms with van der Waals surface area (Å²) in [7, 11) is 0. The molecule has 0 unspecified atom stereocenters. The van der Waals surface area contributed by atoms with Crippen molar-refractivity contribution in [1.82, 2.24) is 14.9 Å². The van der Waals surface area contributed by atoms with Gasteiger partial charge in [-0.1, -0.05) is 42.5 Å². The Morgan fingerprint density at radius 3 is 2.80 bits per heavy atom. The SMILES string of the molecule is O=c1[nH]c(CCN2CCO[C@@H](c3ccccc3)C2)nc2ccccc12. The number of hydrogen-bond acceptors (Lipinski definition) is 4. The number of benzene rings is 2. The number of aromatic amines is 1. The third-order valence-electron chi connectivity index (χ3n) is 4.65. The zero-order valence-corrected chi connectivity index (χ0v) is 14.0. The Kier molecular flexibility index (Phi) is 4.59. The first-order valence-electron chi connectivity index (χ1n) is 8.66. The Hall–Kier alpha value is -2.50. The number of ether oxygens (including phenoxy) is 1. The fourth-order valence-corrected chi connectivity index (χ4v) is 3.29. The largest absolute Gasteiger partial charge is 0.371 e. The molecule has 3 aromatic rings. The van der Waals surface area contributed by atoms with Crippen molar-refractivity contribution in [3.05, 3.63) is 76.3 Å². The molecule has 25 heavy (non-hydrogen) atoms. The van der Waals surface area contributed by atoms with Gasteiger partial charge in [0, 0.05) is 26.1 Å². The highest BCUT2D eigenvalue weighted by Gasteiger charge is 2.21. The maximum atomic E-state index is 12.2. The molecule has 1 saturated heterocycles. The van der Waals surface area contributed by atoms with E-state index in [-0.39, 0.29) is 11.7 Å². The van der Waals surface area contributed by atoms with E-state index in [1.807, 2.05) is 36.4 Å². The molecule has 2 heterocycles. The summed E-state index contributed by atoms with van der Waals surface area (Å²) in [4.78, 5) is 22.0. The van der Waals surface area contributed by atoms with Gasteiger partial charge in [-0.3, -0.25) is 9.69 Å². The standard InChI is InChI=1S/C20H21N3O2/c24-20-16-8-4-5-9-17(16)21-19(22-20)10-11-23-12-13-25-18(14-23)15-6-2-1-3-7-15/h1-9,18H,10-14H2,(H,21,22,24)/t18-/m1/s1. The number of hydrogen-bond donors (Lipinski definition) is 1. The molecule has 2 aromatic carbocycles. The number of nitrogens with zero attached hydrogens (tertiary/aromatic N) is 2. The van der Waals surface area contributed by atoms with Crippen LogP contribution < -0.4 is 5.56 Å². The fraction of sp³-hybridized carbons (Fsp3) is 0.300. The third-order valence-corrected chi connectivity index (χ3v) is 4.65. The van der Waals surface area contributed by atoms with E-state index in [9.17, 15) is 4.79 Å². The summed E-state index contributed by atoms with van der Waals surface area (Å²) in [5.74, 6) is 0.742. The molecule has 0 bridgehead atoms. The number of H-pyrrole nitrogens is 1. The average Bonchev–Trinajstić information content (AvgIpc) is 2.67. The molecule has 1 N–H and O–H groups in total. The van der Waals surface area contributed by atoms with Gasteiger partial charge < -0.3 is 9.72 Å². The zero-order valence-electron chi connectivity index (χ0n) is 14.0. The molecule has 1 aromatic heterocycles. The van der Waals surface area contributed by atoms with Crippen molar-refractivity contribution in [2.75, 3.05) is 26.2 Å². The highest BCUT2D eigenvalue weighted by molar-refractivity contribution is 5.77. The Labute approximate surface area is 146 Å². The van der Waals surface area contributed by atoms with Crippen LogP contribution in [0.5, 0.6) is 0 Å². The molecular weight excluding hydrogens is 314 g/mol. The molecule has 0 amide bonds. The molecule has 0 radical (unpaired) electrons. The molecule has 1 atom stereocenters. The maximum absolute atomic E-state index is 12.2. The topological polar surface area (TPSA) is 58.2 Å². The number of aromatic nitrogens is 2. The monoisotopic (exact) mass is 335 g/mol. The number of fused-ring (bicyclic) bond motifs is 1. The van der Waals surface area contributed by atoms with Crippen molar-refractivity contribution in [3.8, 4) is 0 Å². The number of morpholine rings is 1. The number of para-hydroxylation sites is 1. The van der Waals surface area contributed by atoms with Crippen molar-refractivity contribution in [2.24, 2.45) is 0 Å². The predicted octanol–water partition coefficient (Wildman–Crippen LogP) is 2.54. The first kappa shape index (κ1) is 16.0. The van der Waals surface area contributed by atoms with Gasteiger partial charge in [0.2, 0.25) is 0 Å². The Balaban J connectivity index is 1.43. The van der Waals surface area contributed by atoms with Crippen LogP contribution in [-0.4, -0.2) is 41.1 Å². The van der Waals surface area contributed by atoms with E-state index in [2.05, 4.69) is 27.0 Å². The molecular formula is C20H21N3O2. The van der Waals surface area contributed by atoms with Gasteiger partial charge in [-0.2, -0.15) is 0 Å². The lowest BCUT2D eigenvalue weighted by Crippen LogP contribution is -2.39. The molecule has 5 heteroatoms. The lowest BCUT2D eigenvalue weighted by atomic mass is 10.1. The van der Waals surface area contributed by atoms with E-state index in [4.69, 9.17) is 4.74 Å². The Morgan fingerprint density at radius 2 is 1.92 bits per heavy atom. The number of nitrogens with one attached hydrogen (secondary N) is 1. The van der Waals surface area contributed by atoms with Crippen LogP contribution in [0.2, 0.25) is 0 Å². The zero-order chi connectivity index (χ0) is 17.1. The Morgan fingerprint density at radius 1 is 1.12 bits per heavy atom. The highest BCUT2D eigenvalue weighted by atomic mass is 16.5. The summed E-state index contributed by atoms with van der Waals surface area (Å²) in [5.41, 5.74) is 1.90. The van der Waals surface area contributed by atoms with Crippen molar-refractivity contribution in [3.63, 3.8) is 0 Å². The van der Waals surface area contributed by atoms with Crippen LogP contribution in [0.15, 0.2) is 59.4 Å². The fourth-order valence-electron chi connectivity index (χ4n) is 3.29. The second kappa shape index (κ2) is 7.17. The molecule has 1 aliphatic rings. The van der Waals surface area contributed by atoms with Gasteiger partial charge in [0.15, 0.2) is 0 Å². The second-order valence-corrected chi connectivity index (χ2v) is 6.35. The minimum atomic E-state index is -0.0651. The smallest absolute Gasteiger partial charge is 0.258 e. The Bertz CT molecular complexity index is 907. The maximum Gasteiger partial charge on any atom is 0.258 e. The molecule has 0 spiro atoms. The van der Waals surface area contributed by atoms with E-state index in [0.29, 0.717) is 5.39 Å². The number of rotatable bonds is 4. The summed E-state index contributed by atoms with van der Waals surface area (Å²) >= 11 is 0. The van der Waals surface area contributed by atoms with Crippen molar-refractivity contribution < 1.29 is 4.74 Å². The highest BCUT2D eigenvalue weighted by Crippen LogP contribution is 2.21. The van der Waals surface area contributed by atoms with E-state index in [1.165, 1.54) is 5.56 Å². The van der Waals surface area contributed by atoms with Crippen LogP contribution in [0.1, 0.15) is 17.5 Å². The molecule has 5 nitrogen and oxygen atoms in total. The van der Waals surface area contributed by atoms with Crippen LogP contribution >= 0.6 is 0 Å². The summed E-state index contributed by atoms with van der Waals surface area (Å²) in [6.45, 7) is 3.35. The third kappa shape index (κ3) is 3.62. The van der Waals surface area contributed by atoms with Gasteiger partial charge in [0.1, 0.15) is 5.82 Å². The summed E-state index contributed by atoms with van der Waals surface area (Å²) in [6, 6.07) is 17.8. The predicted molar refractivity (Wildman–Crippen MR) is 97.6 cm³/mol. The van der Waals surface area contributed by atoms with E-state index >= 15 is 0 Å². The first-order valence-corrected chi connectivity index (χ1v) is 8.66. The van der Waals surface area contributed by atoms with Gasteiger partial charge in [0.05, 0.1) is 23.6 Å². The molecule has 1 fully saturated rings. The van der Waals surface area contributed by atoms with Crippen LogP contribution in [0, 0.1) is 0 Å². The van der Waals surface area contributed by atoms with E-state index < -0.39 is 0 Å². The minimum absolute atomic E-state index is 0.0651. The van der Waals surface area contributed by atoms with Gasteiger partial charge in [-0.05, 0) is 17.7 Å². The van der Waals surface area contributed by atoms with Crippen molar-refractivity contribution in [1.29, 1.82) is 0 Å². The second-order valence-electron chi connectivity index (χ2n) is 6.35. The molecule has 128 valence electrons. The normalized spacial score (nSPS) is 18.5. The van der Waals surface area contributed by atoms with Gasteiger partial charge in [-0.15, -0.1) is 0 Å². The van der Waals surface area contributed by atoms with Crippen LogP contribution in [0.4, 0.5) is 0 Å². The van der Waals surface area contributed by atoms with Gasteiger partial charge in [0.25, 0.3) is 5.56 Å². The lowest BCUT2D eigenvalue weighted by molar-refractivity contribution is -0.0296. The quantitative estimate of drug-likeness (QED) is 0.796. The van der Waals surface area contributed by atoms with Crippen LogP contribution in [-0.2, 0) is 11.2 Å². The van der Waals surface area contributed by atoms with Gasteiger partial charge >= 0.3 is 0 Å².